The lowest BCUT2D eigenvalue weighted by atomic mass is 10.0. The zero-order valence-electron chi connectivity index (χ0n) is 30.5. The van der Waals surface area contributed by atoms with Gasteiger partial charge in [0.15, 0.2) is 0 Å². The first-order valence-corrected chi connectivity index (χ1v) is 20.3. The number of carbonyl (C=O) groups excluding carboxylic acids is 2. The second kappa shape index (κ2) is 18.4. The van der Waals surface area contributed by atoms with Crippen molar-refractivity contribution in [3.8, 4) is 16.9 Å². The number of hydrogen-bond donors (Lipinski definition) is 5. The highest BCUT2D eigenvalue weighted by atomic mass is 32.1. The first-order chi connectivity index (χ1) is 26.9. The number of para-hydroxylation sites is 1. The number of ether oxygens (including phenoxy) is 1. The highest BCUT2D eigenvalue weighted by molar-refractivity contribution is 7.16. The third-order valence-electron chi connectivity index (χ3n) is 9.89. The van der Waals surface area contributed by atoms with Gasteiger partial charge in [-0.05, 0) is 85.2 Å². The fraction of sp³-hybridized carbons (Fsp3) is 0.279. The van der Waals surface area contributed by atoms with Gasteiger partial charge in [-0.15, -0.1) is 11.3 Å². The molecule has 0 radical (unpaired) electrons. The minimum Gasteiger partial charge on any atom is -0.506 e. The Morgan fingerprint density at radius 1 is 0.818 bits per heavy atom. The number of H-pyrrole nitrogens is 1. The van der Waals surface area contributed by atoms with Crippen LogP contribution in [0.2, 0.25) is 0 Å². The van der Waals surface area contributed by atoms with Crippen LogP contribution in [0.15, 0.2) is 108 Å². The van der Waals surface area contributed by atoms with E-state index in [1.165, 1.54) is 22.5 Å². The van der Waals surface area contributed by atoms with E-state index >= 15 is 0 Å². The van der Waals surface area contributed by atoms with Crippen molar-refractivity contribution >= 4 is 50.6 Å². The number of hydrogen-bond acceptors (Lipinski definition) is 9. The van der Waals surface area contributed by atoms with Crippen LogP contribution >= 0.6 is 22.7 Å². The van der Waals surface area contributed by atoms with Gasteiger partial charge in [-0.2, -0.15) is 0 Å². The van der Waals surface area contributed by atoms with Crippen molar-refractivity contribution in [3.05, 3.63) is 139 Å². The number of rotatable bonds is 15. The fourth-order valence-electron chi connectivity index (χ4n) is 6.87. The maximum Gasteiger partial charge on any atom is 0.411 e. The number of piperidine rings is 1. The van der Waals surface area contributed by atoms with Crippen molar-refractivity contribution in [1.82, 2.24) is 20.5 Å². The van der Waals surface area contributed by atoms with Crippen LogP contribution in [0.4, 0.5) is 10.5 Å². The molecule has 2 amide bonds. The largest absolute Gasteiger partial charge is 0.506 e. The Hall–Kier alpha value is -5.27. The molecular formula is C43H45N5O5S2. The number of thiophene rings is 1. The first kappa shape index (κ1) is 38.0. The number of aromatic hydroxyl groups is 1. The number of nitrogens with one attached hydrogen (secondary N) is 4. The van der Waals surface area contributed by atoms with E-state index < -0.39 is 6.09 Å². The van der Waals surface area contributed by atoms with Crippen molar-refractivity contribution in [2.75, 3.05) is 38.0 Å². The van der Waals surface area contributed by atoms with Gasteiger partial charge < -0.3 is 30.4 Å². The minimum absolute atomic E-state index is 0.0649. The van der Waals surface area contributed by atoms with Crippen molar-refractivity contribution in [3.63, 3.8) is 0 Å². The van der Waals surface area contributed by atoms with Crippen LogP contribution in [-0.2, 0) is 30.5 Å². The van der Waals surface area contributed by atoms with E-state index in [4.69, 9.17) is 4.74 Å². The Morgan fingerprint density at radius 2 is 1.56 bits per heavy atom. The molecule has 55 heavy (non-hydrogen) atoms. The molecule has 0 atom stereocenters. The zero-order chi connectivity index (χ0) is 38.0. The number of amides is 2. The summed E-state index contributed by atoms with van der Waals surface area (Å²) in [5, 5.41) is 19.4. The maximum absolute atomic E-state index is 12.8. The van der Waals surface area contributed by atoms with Crippen molar-refractivity contribution in [1.29, 1.82) is 0 Å². The molecule has 7 rings (SSSR count). The Bertz CT molecular complexity index is 2260. The Balaban J connectivity index is 0.767. The molecule has 0 bridgehead atoms. The lowest BCUT2D eigenvalue weighted by molar-refractivity contribution is 0.0593. The average Bonchev–Trinajstić information content (AvgIpc) is 3.85. The summed E-state index contributed by atoms with van der Waals surface area (Å²) in [5.41, 5.74) is 6.71. The molecule has 1 fully saturated rings. The summed E-state index contributed by atoms with van der Waals surface area (Å²) in [4.78, 5) is 44.1. The third-order valence-corrected chi connectivity index (χ3v) is 11.9. The summed E-state index contributed by atoms with van der Waals surface area (Å²) < 4.78 is 6.60. The molecular weight excluding hydrogens is 731 g/mol. The summed E-state index contributed by atoms with van der Waals surface area (Å²) in [5.74, 6) is 0.0199. The van der Waals surface area contributed by atoms with E-state index in [9.17, 15) is 19.5 Å². The van der Waals surface area contributed by atoms with Crippen LogP contribution in [0.3, 0.4) is 0 Å². The lowest BCUT2D eigenvalue weighted by Crippen LogP contribution is -2.39. The first-order valence-electron chi connectivity index (χ1n) is 18.7. The molecule has 10 nitrogen and oxygen atoms in total. The highest BCUT2D eigenvalue weighted by Gasteiger charge is 2.23. The van der Waals surface area contributed by atoms with Crippen molar-refractivity contribution in [2.45, 2.75) is 44.8 Å². The number of aromatic nitrogens is 1. The average molecular weight is 776 g/mol. The van der Waals surface area contributed by atoms with Crippen LogP contribution in [-0.4, -0.2) is 65.8 Å². The number of nitrogens with zero attached hydrogens (tertiary/aromatic N) is 1. The molecule has 12 heteroatoms. The summed E-state index contributed by atoms with van der Waals surface area (Å²) in [6.45, 7) is 4.64. The number of fused-ring (bicyclic) bond motifs is 1. The maximum atomic E-state index is 12.8. The van der Waals surface area contributed by atoms with Crippen LogP contribution in [0.25, 0.3) is 21.3 Å². The Kier molecular flexibility index (Phi) is 12.7. The second-order valence-corrected chi connectivity index (χ2v) is 15.9. The van der Waals surface area contributed by atoms with Crippen LogP contribution in [0.5, 0.6) is 5.75 Å². The predicted molar refractivity (Wildman–Crippen MR) is 221 cm³/mol. The molecule has 4 aromatic carbocycles. The Labute approximate surface area is 328 Å². The number of thiazole rings is 1. The SMILES string of the molecule is O=C(Nc1ccccc1-c1ccccc1)OC1CCN(CCc2ccc(CCNC(=O)c3ccc(CNCCc4ccc(O)c5[nH]c(=O)sc45)s3)cc2)CC1. The molecule has 1 saturated heterocycles. The van der Waals surface area contributed by atoms with E-state index in [2.05, 4.69) is 50.1 Å². The third kappa shape index (κ3) is 10.3. The molecule has 5 N–H and O–H groups in total. The molecule has 0 saturated carbocycles. The van der Waals surface area contributed by atoms with Gasteiger partial charge >= 0.3 is 11.0 Å². The smallest absolute Gasteiger partial charge is 0.411 e. The van der Waals surface area contributed by atoms with Gasteiger partial charge in [-0.3, -0.25) is 14.9 Å². The summed E-state index contributed by atoms with van der Waals surface area (Å²) in [7, 11) is 0. The molecule has 3 heterocycles. The van der Waals surface area contributed by atoms with E-state index in [1.807, 2.05) is 72.8 Å². The quantitative estimate of drug-likeness (QED) is 0.0679. The molecule has 1 aliphatic heterocycles. The highest BCUT2D eigenvalue weighted by Crippen LogP contribution is 2.29. The van der Waals surface area contributed by atoms with E-state index in [-0.39, 0.29) is 22.6 Å². The fourth-order valence-corrected chi connectivity index (χ4v) is 8.66. The molecule has 0 spiro atoms. The summed E-state index contributed by atoms with van der Waals surface area (Å²) >= 11 is 2.59. The number of phenols is 1. The van der Waals surface area contributed by atoms with Crippen LogP contribution in [0.1, 0.15) is 44.1 Å². The number of likely N-dealkylation sites (tertiary alicyclic amines) is 1. The van der Waals surface area contributed by atoms with Gasteiger partial charge in [0.2, 0.25) is 0 Å². The number of benzene rings is 4. The minimum atomic E-state index is -0.410. The number of phenolic OH excluding ortho intramolecular Hbond substituents is 1. The molecule has 284 valence electrons. The molecule has 0 unspecified atom stereocenters. The summed E-state index contributed by atoms with van der Waals surface area (Å²) in [6, 6.07) is 33.7. The monoisotopic (exact) mass is 775 g/mol. The molecule has 1 aliphatic rings. The van der Waals surface area contributed by atoms with Crippen LogP contribution in [0, 0.1) is 0 Å². The standard InChI is InChI=1S/C43H45N5O5S2/c49-37-16-14-32(40-39(37)47-43(52)55-40)19-23-44-28-34-15-17-38(54-34)41(50)45-24-18-29-10-12-30(13-11-29)20-25-48-26-21-33(22-27-48)53-42(51)46-36-9-5-4-8-35(36)31-6-2-1-3-7-31/h1-17,33,44,49H,18-28H2,(H,45,50)(H,46,51)(H,47,52). The second-order valence-electron chi connectivity index (χ2n) is 13.7. The van der Waals surface area contributed by atoms with Gasteiger partial charge in [0, 0.05) is 43.2 Å². The lowest BCUT2D eigenvalue weighted by Gasteiger charge is -2.31. The summed E-state index contributed by atoms with van der Waals surface area (Å²) in [6.07, 6.45) is 3.54. The van der Waals surface area contributed by atoms with E-state index in [0.717, 1.165) is 88.6 Å². The number of carbonyl (C=O) groups is 2. The van der Waals surface area contributed by atoms with Gasteiger partial charge in [-0.1, -0.05) is 90.2 Å². The predicted octanol–water partition coefficient (Wildman–Crippen LogP) is 7.58. The molecule has 0 aliphatic carbocycles. The molecule has 2 aromatic heterocycles. The molecule has 6 aromatic rings. The number of aromatic amines is 1. The van der Waals surface area contributed by atoms with E-state index in [0.29, 0.717) is 36.4 Å². The van der Waals surface area contributed by atoms with Gasteiger partial charge in [-0.25, -0.2) is 4.79 Å². The van der Waals surface area contributed by atoms with Crippen LogP contribution < -0.4 is 20.8 Å². The van der Waals surface area contributed by atoms with Crippen molar-refractivity contribution < 1.29 is 19.4 Å². The zero-order valence-corrected chi connectivity index (χ0v) is 32.1. The van der Waals surface area contributed by atoms with Gasteiger partial charge in [0.25, 0.3) is 5.91 Å². The topological polar surface area (TPSA) is 136 Å². The van der Waals surface area contributed by atoms with Crippen molar-refractivity contribution in [2.24, 2.45) is 0 Å². The number of anilines is 1. The normalized spacial score (nSPS) is 13.5. The van der Waals surface area contributed by atoms with Gasteiger partial charge in [0.05, 0.1) is 15.3 Å². The Morgan fingerprint density at radius 3 is 2.36 bits per heavy atom. The van der Waals surface area contributed by atoms with Gasteiger partial charge in [0.1, 0.15) is 17.4 Å². The van der Waals surface area contributed by atoms with E-state index in [1.54, 1.807) is 6.07 Å².